The number of hydrogen-bond donors (Lipinski definition) is 1. The quantitative estimate of drug-likeness (QED) is 0.905. The van der Waals surface area contributed by atoms with Gasteiger partial charge >= 0.3 is 0 Å². The van der Waals surface area contributed by atoms with E-state index in [1.807, 2.05) is 36.4 Å². The van der Waals surface area contributed by atoms with Crippen molar-refractivity contribution in [3.8, 4) is 0 Å². The first-order chi connectivity index (χ1) is 9.70. The first-order valence-corrected chi connectivity index (χ1v) is 6.80. The van der Waals surface area contributed by atoms with Gasteiger partial charge in [0.05, 0.1) is 5.69 Å². The maximum atomic E-state index is 6.49. The van der Waals surface area contributed by atoms with E-state index in [-0.39, 0.29) is 6.17 Å². The Morgan fingerprint density at radius 1 is 0.900 bits per heavy atom. The molecule has 0 saturated heterocycles. The summed E-state index contributed by atoms with van der Waals surface area (Å²) in [5, 5.41) is 4.25. The lowest BCUT2D eigenvalue weighted by molar-refractivity contribution is 0.393. The number of rotatable bonds is 2. The van der Waals surface area contributed by atoms with Gasteiger partial charge in [-0.15, -0.1) is 0 Å². The number of nitrogens with two attached hydrogens (primary N) is 1. The highest BCUT2D eigenvalue weighted by atomic mass is 15.7. The zero-order valence-electron chi connectivity index (χ0n) is 11.8. The third kappa shape index (κ3) is 1.96. The average molecular weight is 265 g/mol. The highest BCUT2D eigenvalue weighted by molar-refractivity contribution is 5.77. The molecule has 2 aromatic rings. The summed E-state index contributed by atoms with van der Waals surface area (Å²) in [6.45, 7) is 2.12. The van der Waals surface area contributed by atoms with Crippen LogP contribution in [-0.4, -0.2) is 18.2 Å². The highest BCUT2D eigenvalue weighted by Crippen LogP contribution is 2.35. The molecule has 0 aromatic heterocycles. The fourth-order valence-electron chi connectivity index (χ4n) is 2.77. The Hall–Kier alpha value is -2.26. The molecule has 0 aliphatic carbocycles. The summed E-state index contributed by atoms with van der Waals surface area (Å²) in [7, 11) is 2.05. The van der Waals surface area contributed by atoms with Gasteiger partial charge in [-0.3, -0.25) is 10.0 Å². The number of para-hydroxylation sites is 1. The zero-order chi connectivity index (χ0) is 14.1. The largest absolute Gasteiger partial charge is 0.306 e. The Kier molecular flexibility index (Phi) is 3.20. The Morgan fingerprint density at radius 2 is 1.45 bits per heavy atom. The third-order valence-electron chi connectivity index (χ3n) is 3.86. The molecule has 0 spiro atoms. The van der Waals surface area contributed by atoms with Gasteiger partial charge < -0.3 is 5.73 Å². The molecule has 1 heterocycles. The molecule has 1 aliphatic rings. The van der Waals surface area contributed by atoms with Gasteiger partial charge in [0.25, 0.3) is 0 Å². The Morgan fingerprint density at radius 3 is 2.05 bits per heavy atom. The van der Waals surface area contributed by atoms with Crippen molar-refractivity contribution < 1.29 is 0 Å². The normalized spacial score (nSPS) is 18.9. The van der Waals surface area contributed by atoms with Crippen LogP contribution in [0.15, 0.2) is 66.4 Å². The maximum absolute atomic E-state index is 6.49. The van der Waals surface area contributed by atoms with Crippen LogP contribution in [0.4, 0.5) is 5.69 Å². The SMILES string of the molecule is CC1=C(c2ccccc2)C(N)N(c2ccccc2)N1C. The van der Waals surface area contributed by atoms with Crippen LogP contribution < -0.4 is 10.7 Å². The standard InChI is InChI=1S/C17H19N3/c1-13-16(14-9-5-3-6-10-14)17(18)20(19(13)2)15-11-7-4-8-12-15/h3-12,17H,18H2,1-2H3. The van der Waals surface area contributed by atoms with Crippen molar-refractivity contribution >= 4 is 11.3 Å². The van der Waals surface area contributed by atoms with Gasteiger partial charge in [-0.2, -0.15) is 0 Å². The molecule has 0 fully saturated rings. The molecule has 2 N–H and O–H groups in total. The highest BCUT2D eigenvalue weighted by Gasteiger charge is 2.33. The first kappa shape index (κ1) is 12.8. The monoisotopic (exact) mass is 265 g/mol. The molecular weight excluding hydrogens is 246 g/mol. The number of nitrogens with zero attached hydrogens (tertiary/aromatic N) is 2. The molecule has 20 heavy (non-hydrogen) atoms. The molecule has 3 rings (SSSR count). The Bertz CT molecular complexity index is 619. The van der Waals surface area contributed by atoms with E-state index in [2.05, 4.69) is 48.3 Å². The van der Waals surface area contributed by atoms with E-state index in [1.165, 1.54) is 16.8 Å². The van der Waals surface area contributed by atoms with Crippen molar-refractivity contribution in [2.45, 2.75) is 13.1 Å². The minimum Gasteiger partial charge on any atom is -0.306 e. The second-order valence-corrected chi connectivity index (χ2v) is 5.01. The van der Waals surface area contributed by atoms with Gasteiger partial charge in [0, 0.05) is 18.3 Å². The maximum Gasteiger partial charge on any atom is 0.125 e. The molecule has 102 valence electrons. The van der Waals surface area contributed by atoms with E-state index in [0.29, 0.717) is 0 Å². The van der Waals surface area contributed by atoms with E-state index in [1.54, 1.807) is 0 Å². The van der Waals surface area contributed by atoms with Gasteiger partial charge in [0.1, 0.15) is 6.17 Å². The molecule has 2 aromatic carbocycles. The van der Waals surface area contributed by atoms with E-state index >= 15 is 0 Å². The summed E-state index contributed by atoms with van der Waals surface area (Å²) < 4.78 is 0. The smallest absolute Gasteiger partial charge is 0.125 e. The molecular formula is C17H19N3. The van der Waals surface area contributed by atoms with Gasteiger partial charge in [-0.25, -0.2) is 0 Å². The van der Waals surface area contributed by atoms with Crippen molar-refractivity contribution in [1.29, 1.82) is 0 Å². The van der Waals surface area contributed by atoms with Crippen LogP contribution in [0.3, 0.4) is 0 Å². The Labute approximate surface area is 119 Å². The summed E-state index contributed by atoms with van der Waals surface area (Å²) in [6.07, 6.45) is -0.162. The molecule has 3 heteroatoms. The summed E-state index contributed by atoms with van der Waals surface area (Å²) in [6, 6.07) is 20.6. The van der Waals surface area contributed by atoms with Crippen LogP contribution in [0.25, 0.3) is 5.57 Å². The second-order valence-electron chi connectivity index (χ2n) is 5.01. The molecule has 1 unspecified atom stereocenters. The van der Waals surface area contributed by atoms with Crippen molar-refractivity contribution in [3.63, 3.8) is 0 Å². The average Bonchev–Trinajstić information content (AvgIpc) is 2.71. The van der Waals surface area contributed by atoms with Gasteiger partial charge in [-0.1, -0.05) is 48.5 Å². The topological polar surface area (TPSA) is 32.5 Å². The molecule has 1 atom stereocenters. The van der Waals surface area contributed by atoms with Crippen molar-refractivity contribution in [3.05, 3.63) is 71.9 Å². The van der Waals surface area contributed by atoms with E-state index in [0.717, 1.165) is 5.69 Å². The van der Waals surface area contributed by atoms with Crippen LogP contribution in [0.1, 0.15) is 12.5 Å². The summed E-state index contributed by atoms with van der Waals surface area (Å²) in [4.78, 5) is 0. The first-order valence-electron chi connectivity index (χ1n) is 6.80. The number of anilines is 1. The molecule has 0 bridgehead atoms. The summed E-state index contributed by atoms with van der Waals surface area (Å²) in [5.74, 6) is 0. The van der Waals surface area contributed by atoms with Crippen molar-refractivity contribution in [1.82, 2.24) is 5.01 Å². The predicted molar refractivity (Wildman–Crippen MR) is 83.7 cm³/mol. The number of benzene rings is 2. The number of hydrazine groups is 1. The van der Waals surface area contributed by atoms with Crippen molar-refractivity contribution in [2.75, 3.05) is 12.1 Å². The molecule has 0 amide bonds. The van der Waals surface area contributed by atoms with Crippen LogP contribution in [-0.2, 0) is 0 Å². The molecule has 0 radical (unpaired) electrons. The minimum atomic E-state index is -0.162. The molecule has 3 nitrogen and oxygen atoms in total. The lowest BCUT2D eigenvalue weighted by Crippen LogP contribution is -2.45. The van der Waals surface area contributed by atoms with Crippen molar-refractivity contribution in [2.24, 2.45) is 5.73 Å². The van der Waals surface area contributed by atoms with Gasteiger partial charge in [0.15, 0.2) is 0 Å². The lowest BCUT2D eigenvalue weighted by atomic mass is 10.0. The van der Waals surface area contributed by atoms with E-state index in [9.17, 15) is 0 Å². The van der Waals surface area contributed by atoms with Gasteiger partial charge in [-0.05, 0) is 24.6 Å². The lowest BCUT2D eigenvalue weighted by Gasteiger charge is -2.32. The van der Waals surface area contributed by atoms with Crippen LogP contribution in [0.5, 0.6) is 0 Å². The third-order valence-corrected chi connectivity index (χ3v) is 3.86. The van der Waals surface area contributed by atoms with Crippen LogP contribution in [0, 0.1) is 0 Å². The summed E-state index contributed by atoms with van der Waals surface area (Å²) >= 11 is 0. The minimum absolute atomic E-state index is 0.162. The Balaban J connectivity index is 2.02. The summed E-state index contributed by atoms with van der Waals surface area (Å²) in [5.41, 5.74) is 11.1. The van der Waals surface area contributed by atoms with Crippen LogP contribution >= 0.6 is 0 Å². The van der Waals surface area contributed by atoms with E-state index < -0.39 is 0 Å². The number of allylic oxidation sites excluding steroid dienone is 1. The molecule has 1 aliphatic heterocycles. The van der Waals surface area contributed by atoms with Crippen LogP contribution in [0.2, 0.25) is 0 Å². The van der Waals surface area contributed by atoms with E-state index in [4.69, 9.17) is 5.73 Å². The zero-order valence-corrected chi connectivity index (χ0v) is 11.8. The second kappa shape index (κ2) is 5.02. The fourth-order valence-corrected chi connectivity index (χ4v) is 2.77. The fraction of sp³-hybridized carbons (Fsp3) is 0.176. The molecule has 0 saturated carbocycles. The van der Waals surface area contributed by atoms with Gasteiger partial charge in [0.2, 0.25) is 0 Å². The number of hydrogen-bond acceptors (Lipinski definition) is 3. The predicted octanol–water partition coefficient (Wildman–Crippen LogP) is 3.07.